The molecule has 0 N–H and O–H groups in total. The maximum atomic E-state index is 12.6. The standard InChI is InChI=1S/C17H23NO5/c1-17(2,3)14-10-23-16(20)18(14)15(19)8-11-6-12(21-4)9-13(7-11)22-5/h6-7,9,14H,8,10H2,1-5H3/t14-/m1/s1. The summed E-state index contributed by atoms with van der Waals surface area (Å²) < 4.78 is 15.5. The minimum Gasteiger partial charge on any atom is -0.497 e. The highest BCUT2D eigenvalue weighted by Gasteiger charge is 2.43. The monoisotopic (exact) mass is 321 g/mol. The topological polar surface area (TPSA) is 65.1 Å². The molecule has 1 aromatic carbocycles. The third-order valence-corrected chi connectivity index (χ3v) is 3.91. The SMILES string of the molecule is COc1cc(CC(=O)N2C(=O)OC[C@@H]2C(C)(C)C)cc(OC)c1. The van der Waals surface area contributed by atoms with Crippen LogP contribution in [0.4, 0.5) is 4.79 Å². The van der Waals surface area contributed by atoms with Crippen molar-refractivity contribution >= 4 is 12.0 Å². The smallest absolute Gasteiger partial charge is 0.417 e. The molecular formula is C17H23NO5. The molecule has 0 aromatic heterocycles. The minimum atomic E-state index is -0.579. The molecule has 23 heavy (non-hydrogen) atoms. The van der Waals surface area contributed by atoms with Crippen LogP contribution in [0.3, 0.4) is 0 Å². The molecule has 1 heterocycles. The molecule has 0 bridgehead atoms. The Balaban J connectivity index is 2.22. The molecule has 1 aliphatic rings. The number of benzene rings is 1. The van der Waals surface area contributed by atoms with Crippen LogP contribution in [-0.2, 0) is 16.0 Å². The van der Waals surface area contributed by atoms with Gasteiger partial charge in [-0.3, -0.25) is 4.79 Å². The van der Waals surface area contributed by atoms with Crippen LogP contribution in [0.1, 0.15) is 26.3 Å². The Hall–Kier alpha value is -2.24. The van der Waals surface area contributed by atoms with Gasteiger partial charge in [-0.25, -0.2) is 9.69 Å². The lowest BCUT2D eigenvalue weighted by molar-refractivity contribution is -0.129. The molecule has 1 aromatic rings. The van der Waals surface area contributed by atoms with E-state index < -0.39 is 6.09 Å². The van der Waals surface area contributed by atoms with E-state index in [0.29, 0.717) is 11.5 Å². The normalized spacial score (nSPS) is 17.9. The predicted octanol–water partition coefficient (Wildman–Crippen LogP) is 2.64. The summed E-state index contributed by atoms with van der Waals surface area (Å²) in [5.41, 5.74) is 0.479. The number of amides is 2. The summed E-state index contributed by atoms with van der Waals surface area (Å²) >= 11 is 0. The van der Waals surface area contributed by atoms with Crippen molar-refractivity contribution in [3.8, 4) is 11.5 Å². The van der Waals surface area contributed by atoms with Crippen LogP contribution in [0.15, 0.2) is 18.2 Å². The number of imide groups is 1. The number of nitrogens with zero attached hydrogens (tertiary/aromatic N) is 1. The number of hydrogen-bond acceptors (Lipinski definition) is 5. The predicted molar refractivity (Wildman–Crippen MR) is 84.7 cm³/mol. The minimum absolute atomic E-state index is 0.0786. The first kappa shape index (κ1) is 17.1. The van der Waals surface area contributed by atoms with Gasteiger partial charge in [-0.05, 0) is 23.1 Å². The van der Waals surface area contributed by atoms with Crippen LogP contribution < -0.4 is 9.47 Å². The van der Waals surface area contributed by atoms with Crippen molar-refractivity contribution in [3.05, 3.63) is 23.8 Å². The second-order valence-corrected chi connectivity index (χ2v) is 6.62. The first-order valence-corrected chi connectivity index (χ1v) is 7.47. The van der Waals surface area contributed by atoms with Crippen LogP contribution in [0.2, 0.25) is 0 Å². The van der Waals surface area contributed by atoms with Gasteiger partial charge in [-0.15, -0.1) is 0 Å². The number of carbonyl (C=O) groups excluding carboxylic acids is 2. The summed E-state index contributed by atoms with van der Waals surface area (Å²) in [6, 6.07) is 4.98. The molecule has 1 fully saturated rings. The van der Waals surface area contributed by atoms with Gasteiger partial charge in [0.1, 0.15) is 18.1 Å². The summed E-state index contributed by atoms with van der Waals surface area (Å²) in [6.07, 6.45) is -0.500. The number of methoxy groups -OCH3 is 2. The second kappa shape index (κ2) is 6.48. The van der Waals surface area contributed by atoms with Crippen LogP contribution >= 0.6 is 0 Å². The fraction of sp³-hybridized carbons (Fsp3) is 0.529. The van der Waals surface area contributed by atoms with E-state index in [2.05, 4.69) is 0 Å². The van der Waals surface area contributed by atoms with E-state index in [0.717, 1.165) is 5.56 Å². The van der Waals surface area contributed by atoms with E-state index >= 15 is 0 Å². The van der Waals surface area contributed by atoms with E-state index in [4.69, 9.17) is 14.2 Å². The zero-order valence-corrected chi connectivity index (χ0v) is 14.2. The summed E-state index contributed by atoms with van der Waals surface area (Å²) in [7, 11) is 3.10. The lowest BCUT2D eigenvalue weighted by Crippen LogP contribution is -2.46. The Labute approximate surface area is 136 Å². The van der Waals surface area contributed by atoms with E-state index in [1.807, 2.05) is 20.8 Å². The van der Waals surface area contributed by atoms with Gasteiger partial charge in [-0.2, -0.15) is 0 Å². The van der Waals surface area contributed by atoms with Crippen molar-refractivity contribution in [2.45, 2.75) is 33.2 Å². The highest BCUT2D eigenvalue weighted by molar-refractivity contribution is 5.94. The second-order valence-electron chi connectivity index (χ2n) is 6.62. The van der Waals surface area contributed by atoms with E-state index in [1.54, 1.807) is 32.4 Å². The summed E-state index contributed by atoms with van der Waals surface area (Å²) in [5, 5.41) is 0. The summed E-state index contributed by atoms with van der Waals surface area (Å²) in [6.45, 7) is 6.17. The highest BCUT2D eigenvalue weighted by atomic mass is 16.6. The van der Waals surface area contributed by atoms with Crippen LogP contribution in [0.5, 0.6) is 11.5 Å². The van der Waals surface area contributed by atoms with Crippen molar-refractivity contribution in [3.63, 3.8) is 0 Å². The Morgan fingerprint density at radius 1 is 1.22 bits per heavy atom. The molecule has 2 rings (SSSR count). The average Bonchev–Trinajstić information content (AvgIpc) is 2.88. The number of rotatable bonds is 4. The number of ether oxygens (including phenoxy) is 3. The highest BCUT2D eigenvalue weighted by Crippen LogP contribution is 2.30. The van der Waals surface area contributed by atoms with Gasteiger partial charge < -0.3 is 14.2 Å². The van der Waals surface area contributed by atoms with Gasteiger partial charge in [0, 0.05) is 6.07 Å². The molecule has 1 atom stereocenters. The van der Waals surface area contributed by atoms with Gasteiger partial charge in [0.05, 0.1) is 26.7 Å². The summed E-state index contributed by atoms with van der Waals surface area (Å²) in [5.74, 6) is 0.912. The molecule has 2 amide bonds. The lowest BCUT2D eigenvalue weighted by atomic mass is 9.86. The first-order chi connectivity index (χ1) is 10.8. The van der Waals surface area contributed by atoms with Crippen LogP contribution in [-0.4, -0.2) is 43.8 Å². The molecule has 0 aliphatic carbocycles. The molecule has 0 spiro atoms. The molecule has 6 heteroatoms. The average molecular weight is 321 g/mol. The van der Waals surface area contributed by atoms with E-state index in [9.17, 15) is 9.59 Å². The van der Waals surface area contributed by atoms with Gasteiger partial charge >= 0.3 is 6.09 Å². The molecule has 0 radical (unpaired) electrons. The molecule has 126 valence electrons. The molecule has 1 saturated heterocycles. The number of hydrogen-bond donors (Lipinski definition) is 0. The number of cyclic esters (lactones) is 1. The third-order valence-electron chi connectivity index (χ3n) is 3.91. The quantitative estimate of drug-likeness (QED) is 0.853. The third kappa shape index (κ3) is 3.75. The largest absolute Gasteiger partial charge is 0.497 e. The van der Waals surface area contributed by atoms with Crippen molar-refractivity contribution in [1.29, 1.82) is 0 Å². The first-order valence-electron chi connectivity index (χ1n) is 7.47. The Kier molecular flexibility index (Phi) is 4.82. The van der Waals surface area contributed by atoms with Gasteiger partial charge in [0.15, 0.2) is 0 Å². The maximum Gasteiger partial charge on any atom is 0.417 e. The number of carbonyl (C=O) groups is 2. The zero-order valence-electron chi connectivity index (χ0n) is 14.2. The van der Waals surface area contributed by atoms with Gasteiger partial charge in [-0.1, -0.05) is 20.8 Å². The van der Waals surface area contributed by atoms with Crippen molar-refractivity contribution in [1.82, 2.24) is 4.90 Å². The maximum absolute atomic E-state index is 12.6. The fourth-order valence-corrected chi connectivity index (χ4v) is 2.56. The van der Waals surface area contributed by atoms with Gasteiger partial charge in [0.25, 0.3) is 0 Å². The van der Waals surface area contributed by atoms with Crippen LogP contribution in [0.25, 0.3) is 0 Å². The molecule has 0 saturated carbocycles. The molecular weight excluding hydrogens is 298 g/mol. The van der Waals surface area contributed by atoms with Crippen molar-refractivity contribution in [2.75, 3.05) is 20.8 Å². The fourth-order valence-electron chi connectivity index (χ4n) is 2.56. The van der Waals surface area contributed by atoms with Gasteiger partial charge in [0.2, 0.25) is 5.91 Å². The Morgan fingerprint density at radius 3 is 2.26 bits per heavy atom. The van der Waals surface area contributed by atoms with Crippen molar-refractivity contribution in [2.24, 2.45) is 5.41 Å². The summed E-state index contributed by atoms with van der Waals surface area (Å²) in [4.78, 5) is 25.8. The molecule has 6 nitrogen and oxygen atoms in total. The molecule has 1 aliphatic heterocycles. The Morgan fingerprint density at radius 2 is 1.78 bits per heavy atom. The van der Waals surface area contributed by atoms with E-state index in [-0.39, 0.29) is 30.4 Å². The molecule has 0 unspecified atom stereocenters. The zero-order chi connectivity index (χ0) is 17.2. The van der Waals surface area contributed by atoms with Crippen LogP contribution in [0, 0.1) is 5.41 Å². The van der Waals surface area contributed by atoms with Crippen molar-refractivity contribution < 1.29 is 23.8 Å². The Bertz CT molecular complexity index is 583. The van der Waals surface area contributed by atoms with E-state index in [1.165, 1.54) is 4.90 Å². The lowest BCUT2D eigenvalue weighted by Gasteiger charge is -2.30.